The smallest absolute Gasteiger partial charge is 0.261 e. The van der Waals surface area contributed by atoms with Gasteiger partial charge in [0.1, 0.15) is 0 Å². The monoisotopic (exact) mass is 281 g/mol. The predicted octanol–water partition coefficient (Wildman–Crippen LogP) is 3.07. The van der Waals surface area contributed by atoms with E-state index in [0.717, 1.165) is 44.6 Å². The fraction of sp³-hybridized carbons (Fsp3) is 0.533. The van der Waals surface area contributed by atoms with Gasteiger partial charge in [0.15, 0.2) is 17.2 Å². The molecule has 2 N–H and O–H groups in total. The number of hydrogen-bond donors (Lipinski definition) is 2. The van der Waals surface area contributed by atoms with Crippen LogP contribution in [0.15, 0.2) is 12.1 Å². The van der Waals surface area contributed by atoms with Crippen molar-refractivity contribution in [1.29, 1.82) is 0 Å². The van der Waals surface area contributed by atoms with Gasteiger partial charge in [-0.2, -0.15) is 0 Å². The summed E-state index contributed by atoms with van der Waals surface area (Å²) in [6.45, 7) is 0. The molecule has 0 radical (unpaired) electrons. The summed E-state index contributed by atoms with van der Waals surface area (Å²) in [4.78, 5) is 12.2. The van der Waals surface area contributed by atoms with Crippen LogP contribution in [0.3, 0.4) is 0 Å². The molecule has 1 aromatic carbocycles. The second-order valence-electron chi connectivity index (χ2n) is 5.69. The summed E-state index contributed by atoms with van der Waals surface area (Å²) in [5, 5.41) is 13.2. The lowest BCUT2D eigenvalue weighted by Gasteiger charge is -2.30. The van der Waals surface area contributed by atoms with Crippen LogP contribution in [-0.2, 0) is 10.4 Å². The number of fused-ring (bicyclic) bond motifs is 1. The van der Waals surface area contributed by atoms with Gasteiger partial charge >= 0.3 is 0 Å². The number of carbonyl (C=O) groups is 1. The average molecular weight is 281 g/mol. The molecule has 108 valence electrons. The van der Waals surface area contributed by atoms with Crippen molar-refractivity contribution in [2.75, 3.05) is 5.32 Å². The third-order valence-electron chi connectivity index (χ3n) is 4.54. The van der Waals surface area contributed by atoms with Crippen molar-refractivity contribution >= 4 is 11.6 Å². The van der Waals surface area contributed by atoms with Crippen molar-refractivity contribution in [3.8, 4) is 0 Å². The van der Waals surface area contributed by atoms with Gasteiger partial charge in [-0.3, -0.25) is 4.79 Å². The van der Waals surface area contributed by atoms with Crippen molar-refractivity contribution in [3.63, 3.8) is 0 Å². The average Bonchev–Trinajstić information content (AvgIpc) is 2.65. The second kappa shape index (κ2) is 4.81. The van der Waals surface area contributed by atoms with Gasteiger partial charge in [0.25, 0.3) is 5.91 Å². The molecule has 3 nitrogen and oxygen atoms in total. The number of aliphatic hydroxyl groups is 1. The third-order valence-corrected chi connectivity index (χ3v) is 4.54. The van der Waals surface area contributed by atoms with Gasteiger partial charge in [0.05, 0.1) is 5.69 Å². The van der Waals surface area contributed by atoms with Gasteiger partial charge in [0.2, 0.25) is 0 Å². The molecule has 0 bridgehead atoms. The van der Waals surface area contributed by atoms with Crippen LogP contribution in [0, 0.1) is 17.6 Å². The minimum absolute atomic E-state index is 0.174. The number of nitrogens with one attached hydrogen (secondary N) is 1. The molecule has 1 fully saturated rings. The van der Waals surface area contributed by atoms with E-state index in [1.54, 1.807) is 0 Å². The Bertz CT molecular complexity index is 553. The van der Waals surface area contributed by atoms with Crippen molar-refractivity contribution in [2.24, 2.45) is 5.92 Å². The maximum absolute atomic E-state index is 13.8. The highest BCUT2D eigenvalue weighted by molar-refractivity contribution is 6.05. The zero-order chi connectivity index (χ0) is 14.3. The first kappa shape index (κ1) is 13.5. The van der Waals surface area contributed by atoms with Crippen LogP contribution in [0.1, 0.15) is 44.1 Å². The maximum atomic E-state index is 13.8. The molecule has 20 heavy (non-hydrogen) atoms. The number of halogens is 2. The van der Waals surface area contributed by atoms with Crippen LogP contribution < -0.4 is 5.32 Å². The molecule has 0 aromatic heterocycles. The van der Waals surface area contributed by atoms with Crippen molar-refractivity contribution in [1.82, 2.24) is 0 Å². The van der Waals surface area contributed by atoms with E-state index in [-0.39, 0.29) is 17.2 Å². The minimum Gasteiger partial charge on any atom is -0.375 e. The largest absolute Gasteiger partial charge is 0.375 e. The highest BCUT2D eigenvalue weighted by Crippen LogP contribution is 2.46. The van der Waals surface area contributed by atoms with Crippen molar-refractivity contribution < 1.29 is 18.7 Å². The highest BCUT2D eigenvalue weighted by Gasteiger charge is 2.51. The lowest BCUT2D eigenvalue weighted by molar-refractivity contribution is -0.140. The van der Waals surface area contributed by atoms with Crippen LogP contribution >= 0.6 is 0 Å². The van der Waals surface area contributed by atoms with Crippen LogP contribution in [0.2, 0.25) is 0 Å². The maximum Gasteiger partial charge on any atom is 0.261 e. The molecule has 1 aromatic rings. The molecule has 3 rings (SSSR count). The molecule has 1 aliphatic heterocycles. The van der Waals surface area contributed by atoms with Gasteiger partial charge in [0, 0.05) is 11.5 Å². The van der Waals surface area contributed by atoms with Crippen molar-refractivity contribution in [3.05, 3.63) is 29.3 Å². The van der Waals surface area contributed by atoms with Crippen molar-refractivity contribution in [2.45, 2.75) is 44.1 Å². The number of hydrogen-bond acceptors (Lipinski definition) is 2. The van der Waals surface area contributed by atoms with Crippen LogP contribution in [0.4, 0.5) is 14.5 Å². The predicted molar refractivity (Wildman–Crippen MR) is 70.1 cm³/mol. The Morgan fingerprint density at radius 1 is 1.15 bits per heavy atom. The summed E-state index contributed by atoms with van der Waals surface area (Å²) in [6, 6.07) is 2.28. The number of anilines is 1. The van der Waals surface area contributed by atoms with Gasteiger partial charge in [-0.1, -0.05) is 31.7 Å². The normalized spacial score (nSPS) is 27.1. The molecule has 0 spiro atoms. The summed E-state index contributed by atoms with van der Waals surface area (Å²) in [7, 11) is 0. The molecule has 2 aliphatic rings. The molecule has 5 heteroatoms. The Morgan fingerprint density at radius 3 is 2.45 bits per heavy atom. The summed E-state index contributed by atoms with van der Waals surface area (Å²) in [5.74, 6) is -2.99. The standard InChI is InChI=1S/C15H17F2NO2/c16-11-8-7-10-13(12(11)17)18-14(19)15(10,20)9-5-3-1-2-4-6-9/h7-9,20H,1-6H2,(H,18,19). The number of carbonyl (C=O) groups excluding carboxylic acids is 1. The quantitative estimate of drug-likeness (QED) is 0.777. The lowest BCUT2D eigenvalue weighted by Crippen LogP contribution is -2.41. The SMILES string of the molecule is O=C1Nc2c(ccc(F)c2F)C1(O)C1CCCCCC1. The Hall–Kier alpha value is -1.49. The molecule has 1 unspecified atom stereocenters. The van der Waals surface area contributed by atoms with Gasteiger partial charge in [-0.25, -0.2) is 8.78 Å². The van der Waals surface area contributed by atoms with E-state index in [4.69, 9.17) is 0 Å². The first-order valence-electron chi connectivity index (χ1n) is 7.07. The zero-order valence-electron chi connectivity index (χ0n) is 11.1. The van der Waals surface area contributed by atoms with Crippen LogP contribution in [-0.4, -0.2) is 11.0 Å². The topological polar surface area (TPSA) is 49.3 Å². The number of amides is 1. The zero-order valence-corrected chi connectivity index (χ0v) is 11.1. The Morgan fingerprint density at radius 2 is 1.80 bits per heavy atom. The number of rotatable bonds is 1. The Balaban J connectivity index is 2.06. The summed E-state index contributed by atoms with van der Waals surface area (Å²) in [5.41, 5.74) is -1.76. The van der Waals surface area contributed by atoms with Gasteiger partial charge in [-0.15, -0.1) is 0 Å². The Kier molecular flexibility index (Phi) is 3.24. The van der Waals surface area contributed by atoms with E-state index in [1.165, 1.54) is 6.07 Å². The molecule has 0 saturated heterocycles. The van der Waals surface area contributed by atoms with E-state index >= 15 is 0 Å². The van der Waals surface area contributed by atoms with Gasteiger partial charge < -0.3 is 10.4 Å². The van der Waals surface area contributed by atoms with Crippen LogP contribution in [0.5, 0.6) is 0 Å². The third kappa shape index (κ3) is 1.84. The van der Waals surface area contributed by atoms with E-state index in [0.29, 0.717) is 0 Å². The second-order valence-corrected chi connectivity index (χ2v) is 5.69. The molecule has 1 saturated carbocycles. The highest BCUT2D eigenvalue weighted by atomic mass is 19.2. The summed E-state index contributed by atoms with van der Waals surface area (Å²) >= 11 is 0. The fourth-order valence-corrected chi connectivity index (χ4v) is 3.42. The summed E-state index contributed by atoms with van der Waals surface area (Å²) < 4.78 is 27.0. The molecular formula is C15H17F2NO2. The molecule has 1 amide bonds. The van der Waals surface area contributed by atoms with E-state index in [9.17, 15) is 18.7 Å². The Labute approximate surface area is 116 Å². The molecule has 1 aliphatic carbocycles. The lowest BCUT2D eigenvalue weighted by atomic mass is 9.78. The minimum atomic E-state index is -1.73. The van der Waals surface area contributed by atoms with E-state index in [2.05, 4.69) is 5.32 Å². The summed E-state index contributed by atoms with van der Waals surface area (Å²) in [6.07, 6.45) is 5.50. The first-order chi connectivity index (χ1) is 9.55. The number of benzene rings is 1. The molecule has 1 heterocycles. The van der Waals surface area contributed by atoms with E-state index in [1.807, 2.05) is 0 Å². The van der Waals surface area contributed by atoms with Gasteiger partial charge in [-0.05, 0) is 18.9 Å². The molecule has 1 atom stereocenters. The molecular weight excluding hydrogens is 264 g/mol. The fourth-order valence-electron chi connectivity index (χ4n) is 3.42. The van der Waals surface area contributed by atoms with E-state index < -0.39 is 23.1 Å². The first-order valence-corrected chi connectivity index (χ1v) is 7.07. The van der Waals surface area contributed by atoms with Crippen LogP contribution in [0.25, 0.3) is 0 Å².